The average molecular weight is 236 g/mol. The van der Waals surface area contributed by atoms with Gasteiger partial charge < -0.3 is 4.98 Å². The zero-order chi connectivity index (χ0) is 12.6. The monoisotopic (exact) mass is 236 g/mol. The van der Waals surface area contributed by atoms with Crippen molar-refractivity contribution >= 4 is 0 Å². The minimum absolute atomic E-state index is 0.00703. The third-order valence-corrected chi connectivity index (χ3v) is 2.48. The van der Waals surface area contributed by atoms with Crippen molar-refractivity contribution in [2.24, 2.45) is 0 Å². The van der Waals surface area contributed by atoms with Crippen LogP contribution in [-0.4, -0.2) is 9.97 Å². The first-order chi connectivity index (χ1) is 7.99. The van der Waals surface area contributed by atoms with E-state index >= 15 is 0 Å². The molecule has 2 rings (SSSR count). The van der Waals surface area contributed by atoms with Gasteiger partial charge in [-0.25, -0.2) is 9.37 Å². The van der Waals surface area contributed by atoms with Crippen LogP contribution in [0, 0.1) is 25.5 Å². The van der Waals surface area contributed by atoms with E-state index in [4.69, 9.17) is 0 Å². The molecule has 0 atom stereocenters. The number of hydrogen-bond acceptors (Lipinski definition) is 2. The highest BCUT2D eigenvalue weighted by atomic mass is 19.1. The number of halogens is 2. The number of nitrogens with zero attached hydrogens (tertiary/aromatic N) is 1. The molecule has 1 aromatic carbocycles. The van der Waals surface area contributed by atoms with Gasteiger partial charge >= 0.3 is 0 Å². The Labute approximate surface area is 96.2 Å². The van der Waals surface area contributed by atoms with Crippen molar-refractivity contribution in [3.8, 4) is 11.4 Å². The summed E-state index contributed by atoms with van der Waals surface area (Å²) in [4.78, 5) is 17.5. The highest BCUT2D eigenvalue weighted by Gasteiger charge is 2.11. The number of H-pyrrole nitrogens is 1. The van der Waals surface area contributed by atoms with Crippen LogP contribution in [0.4, 0.5) is 8.78 Å². The number of nitrogens with one attached hydrogen (secondary N) is 1. The lowest BCUT2D eigenvalue weighted by Gasteiger charge is -2.06. The molecule has 0 spiro atoms. The van der Waals surface area contributed by atoms with Gasteiger partial charge in [-0.05, 0) is 31.5 Å². The lowest BCUT2D eigenvalue weighted by Crippen LogP contribution is -2.15. The summed E-state index contributed by atoms with van der Waals surface area (Å²) in [5.41, 5.74) is 0.342. The van der Waals surface area contributed by atoms with Crippen LogP contribution in [0.2, 0.25) is 0 Å². The molecular weight excluding hydrogens is 226 g/mol. The predicted molar refractivity (Wildman–Crippen MR) is 59.7 cm³/mol. The Hall–Kier alpha value is -2.04. The van der Waals surface area contributed by atoms with E-state index in [1.807, 2.05) is 0 Å². The molecule has 1 N–H and O–H groups in total. The molecule has 2 aromatic rings. The molecule has 1 aromatic heterocycles. The number of aryl methyl sites for hydroxylation is 2. The van der Waals surface area contributed by atoms with Crippen LogP contribution < -0.4 is 5.56 Å². The number of aromatic amines is 1. The van der Waals surface area contributed by atoms with Gasteiger partial charge in [0, 0.05) is 5.56 Å². The maximum atomic E-state index is 13.1. The molecule has 0 radical (unpaired) electrons. The summed E-state index contributed by atoms with van der Waals surface area (Å²) in [6, 6.07) is 4.14. The molecule has 0 saturated carbocycles. The smallest absolute Gasteiger partial charge is 0.287 e. The maximum absolute atomic E-state index is 13.1. The Bertz CT molecular complexity index is 635. The number of benzene rings is 1. The highest BCUT2D eigenvalue weighted by Crippen LogP contribution is 2.20. The van der Waals surface area contributed by atoms with Crippen LogP contribution in [0.1, 0.15) is 11.3 Å². The van der Waals surface area contributed by atoms with Crippen LogP contribution in [-0.2, 0) is 0 Å². The van der Waals surface area contributed by atoms with E-state index in [2.05, 4.69) is 9.97 Å². The Kier molecular flexibility index (Phi) is 2.75. The standard InChI is InChI=1S/C12H10F2N2O/c1-6-3-4-8(13)5-9(6)11-15-7(2)10(14)12(17)16-11/h3-5H,1-2H3,(H,15,16,17). The van der Waals surface area contributed by atoms with Gasteiger partial charge in [-0.1, -0.05) is 6.07 Å². The van der Waals surface area contributed by atoms with Crippen molar-refractivity contribution in [2.75, 3.05) is 0 Å². The largest absolute Gasteiger partial charge is 0.304 e. The summed E-state index contributed by atoms with van der Waals surface area (Å²) in [6.07, 6.45) is 0. The van der Waals surface area contributed by atoms with Gasteiger partial charge in [0.15, 0.2) is 0 Å². The van der Waals surface area contributed by atoms with Crippen molar-refractivity contribution in [3.63, 3.8) is 0 Å². The van der Waals surface area contributed by atoms with Crippen molar-refractivity contribution in [1.29, 1.82) is 0 Å². The molecule has 0 unspecified atom stereocenters. The van der Waals surface area contributed by atoms with Gasteiger partial charge in [0.2, 0.25) is 5.82 Å². The van der Waals surface area contributed by atoms with Gasteiger partial charge in [0.05, 0.1) is 5.69 Å². The second-order valence-corrected chi connectivity index (χ2v) is 3.77. The van der Waals surface area contributed by atoms with Crippen LogP contribution in [0.3, 0.4) is 0 Å². The van der Waals surface area contributed by atoms with Gasteiger partial charge in [0.25, 0.3) is 5.56 Å². The van der Waals surface area contributed by atoms with E-state index in [1.54, 1.807) is 13.0 Å². The van der Waals surface area contributed by atoms with Crippen LogP contribution >= 0.6 is 0 Å². The Balaban J connectivity index is 2.69. The molecule has 88 valence electrons. The van der Waals surface area contributed by atoms with E-state index in [0.717, 1.165) is 5.56 Å². The van der Waals surface area contributed by atoms with Gasteiger partial charge in [0.1, 0.15) is 11.6 Å². The molecule has 0 amide bonds. The molecule has 5 heteroatoms. The van der Waals surface area contributed by atoms with Crippen molar-refractivity contribution in [2.45, 2.75) is 13.8 Å². The minimum Gasteiger partial charge on any atom is -0.304 e. The molecular formula is C12H10F2N2O. The Morgan fingerprint density at radius 3 is 2.59 bits per heavy atom. The van der Waals surface area contributed by atoms with Crippen molar-refractivity contribution in [1.82, 2.24) is 9.97 Å². The molecule has 0 aliphatic rings. The van der Waals surface area contributed by atoms with Crippen molar-refractivity contribution in [3.05, 3.63) is 51.4 Å². The number of rotatable bonds is 1. The quantitative estimate of drug-likeness (QED) is 0.826. The Morgan fingerprint density at radius 2 is 1.94 bits per heavy atom. The first-order valence-corrected chi connectivity index (χ1v) is 5.02. The fourth-order valence-electron chi connectivity index (χ4n) is 1.55. The molecule has 3 nitrogen and oxygen atoms in total. The summed E-state index contributed by atoms with van der Waals surface area (Å²) < 4.78 is 26.2. The molecule has 0 saturated heterocycles. The summed E-state index contributed by atoms with van der Waals surface area (Å²) in [5.74, 6) is -1.18. The predicted octanol–water partition coefficient (Wildman–Crippen LogP) is 2.33. The normalized spacial score (nSPS) is 10.6. The molecule has 0 aliphatic heterocycles. The van der Waals surface area contributed by atoms with Gasteiger partial charge in [-0.3, -0.25) is 4.79 Å². The molecule has 17 heavy (non-hydrogen) atoms. The summed E-state index contributed by atoms with van der Waals surface area (Å²) >= 11 is 0. The molecule has 0 fully saturated rings. The zero-order valence-electron chi connectivity index (χ0n) is 9.34. The second-order valence-electron chi connectivity index (χ2n) is 3.77. The average Bonchev–Trinajstić information content (AvgIpc) is 2.28. The second kappa shape index (κ2) is 4.08. The van der Waals surface area contributed by atoms with E-state index < -0.39 is 17.2 Å². The first kappa shape index (κ1) is 11.4. The highest BCUT2D eigenvalue weighted by molar-refractivity contribution is 5.59. The van der Waals surface area contributed by atoms with E-state index in [1.165, 1.54) is 19.1 Å². The van der Waals surface area contributed by atoms with Crippen LogP contribution in [0.5, 0.6) is 0 Å². The first-order valence-electron chi connectivity index (χ1n) is 5.02. The molecule has 0 aliphatic carbocycles. The number of hydrogen-bond donors (Lipinski definition) is 1. The van der Waals surface area contributed by atoms with E-state index in [9.17, 15) is 13.6 Å². The van der Waals surface area contributed by atoms with Gasteiger partial charge in [-0.2, -0.15) is 4.39 Å². The third-order valence-electron chi connectivity index (χ3n) is 2.48. The van der Waals surface area contributed by atoms with E-state index in [-0.39, 0.29) is 11.5 Å². The lowest BCUT2D eigenvalue weighted by atomic mass is 10.1. The third kappa shape index (κ3) is 2.08. The van der Waals surface area contributed by atoms with Crippen LogP contribution in [0.15, 0.2) is 23.0 Å². The number of aromatic nitrogens is 2. The summed E-state index contributed by atoms with van der Waals surface area (Å²) in [6.45, 7) is 3.15. The van der Waals surface area contributed by atoms with Gasteiger partial charge in [-0.15, -0.1) is 0 Å². The molecule has 0 bridgehead atoms. The van der Waals surface area contributed by atoms with Crippen molar-refractivity contribution < 1.29 is 8.78 Å². The van der Waals surface area contributed by atoms with E-state index in [0.29, 0.717) is 5.56 Å². The molecule has 1 heterocycles. The van der Waals surface area contributed by atoms with Crippen LogP contribution in [0.25, 0.3) is 11.4 Å². The lowest BCUT2D eigenvalue weighted by molar-refractivity contribution is 0.589. The SMILES string of the molecule is Cc1ccc(F)cc1-c1nc(C)c(F)c(=O)[nH]1. The fraction of sp³-hybridized carbons (Fsp3) is 0.167. The minimum atomic E-state index is -0.914. The topological polar surface area (TPSA) is 45.8 Å². The summed E-state index contributed by atoms with van der Waals surface area (Å²) in [5, 5.41) is 0. The fourth-order valence-corrected chi connectivity index (χ4v) is 1.55. The summed E-state index contributed by atoms with van der Waals surface area (Å²) in [7, 11) is 0. The Morgan fingerprint density at radius 1 is 1.24 bits per heavy atom. The maximum Gasteiger partial charge on any atom is 0.287 e. The zero-order valence-corrected chi connectivity index (χ0v) is 9.34.